The molecular weight excluding hydrogens is 441 g/mol. The van der Waals surface area contributed by atoms with Crippen molar-refractivity contribution >= 4 is 40.1 Å². The van der Waals surface area contributed by atoms with E-state index in [1.54, 1.807) is 36.4 Å². The Hall–Kier alpha value is -2.54. The molecule has 1 aliphatic rings. The highest BCUT2D eigenvalue weighted by molar-refractivity contribution is 6.39. The van der Waals surface area contributed by atoms with Gasteiger partial charge in [0.25, 0.3) is 0 Å². The number of pyridine rings is 1. The Kier molecular flexibility index (Phi) is 6.51. The van der Waals surface area contributed by atoms with E-state index in [0.29, 0.717) is 58.4 Å². The van der Waals surface area contributed by atoms with Crippen LogP contribution in [0.15, 0.2) is 42.5 Å². The zero-order valence-corrected chi connectivity index (χ0v) is 18.3. The minimum atomic E-state index is -0.188. The van der Waals surface area contributed by atoms with E-state index in [-0.39, 0.29) is 23.7 Å². The van der Waals surface area contributed by atoms with Gasteiger partial charge in [-0.1, -0.05) is 23.2 Å². The molecule has 1 heterocycles. The summed E-state index contributed by atoms with van der Waals surface area (Å²) in [6.07, 6.45) is 1.36. The summed E-state index contributed by atoms with van der Waals surface area (Å²) in [5.74, 6) is 0.431. The van der Waals surface area contributed by atoms with Gasteiger partial charge >= 0.3 is 5.97 Å². The fourth-order valence-electron chi connectivity index (χ4n) is 3.54. The molecule has 8 heteroatoms. The van der Waals surface area contributed by atoms with Gasteiger partial charge in [0.2, 0.25) is 0 Å². The molecule has 4 rings (SSSR count). The summed E-state index contributed by atoms with van der Waals surface area (Å²) in [6, 6.07) is 11.9. The van der Waals surface area contributed by atoms with Crippen LogP contribution in [0.2, 0.25) is 10.0 Å². The highest BCUT2D eigenvalue weighted by atomic mass is 35.5. The molecule has 1 aliphatic carbocycles. The summed E-state index contributed by atoms with van der Waals surface area (Å²) in [4.78, 5) is 16.2. The summed E-state index contributed by atoms with van der Waals surface area (Å²) in [5.41, 5.74) is 1.93. The zero-order valence-electron chi connectivity index (χ0n) is 16.8. The maximum atomic E-state index is 11.5. The second kappa shape index (κ2) is 9.30. The monoisotopic (exact) mass is 461 g/mol. The summed E-state index contributed by atoms with van der Waals surface area (Å²) in [6.45, 7) is 0.671. The van der Waals surface area contributed by atoms with Crippen LogP contribution < -0.4 is 4.74 Å². The lowest BCUT2D eigenvalue weighted by Crippen LogP contribution is -2.37. The first-order valence-electron chi connectivity index (χ1n) is 9.86. The van der Waals surface area contributed by atoms with Crippen molar-refractivity contribution in [3.8, 4) is 22.8 Å². The van der Waals surface area contributed by atoms with Crippen molar-refractivity contribution in [1.82, 2.24) is 4.98 Å². The molecule has 0 saturated heterocycles. The molecule has 0 aliphatic heterocycles. The first-order valence-corrected chi connectivity index (χ1v) is 10.6. The second-order valence-electron chi connectivity index (χ2n) is 7.34. The first-order chi connectivity index (χ1) is 15.0. The molecule has 31 heavy (non-hydrogen) atoms. The van der Waals surface area contributed by atoms with Crippen LogP contribution in [-0.4, -0.2) is 42.5 Å². The summed E-state index contributed by atoms with van der Waals surface area (Å²) >= 11 is 12.7. The van der Waals surface area contributed by atoms with E-state index in [0.717, 1.165) is 5.56 Å². The van der Waals surface area contributed by atoms with Gasteiger partial charge in [-0.05, 0) is 55.3 Å². The number of carbonyl (C=O) groups excluding carboxylic acids is 1. The van der Waals surface area contributed by atoms with E-state index in [2.05, 4.69) is 0 Å². The van der Waals surface area contributed by atoms with Crippen LogP contribution in [0.4, 0.5) is 0 Å². The van der Waals surface area contributed by atoms with E-state index in [9.17, 15) is 9.90 Å². The van der Waals surface area contributed by atoms with Gasteiger partial charge in [-0.3, -0.25) is 4.79 Å². The molecule has 1 aromatic heterocycles. The maximum absolute atomic E-state index is 11.5. The minimum absolute atomic E-state index is 0.0345. The van der Waals surface area contributed by atoms with E-state index in [1.165, 1.54) is 7.11 Å². The van der Waals surface area contributed by atoms with E-state index in [1.807, 2.05) is 6.07 Å². The molecule has 1 saturated carbocycles. The summed E-state index contributed by atoms with van der Waals surface area (Å²) in [7, 11) is 1.40. The second-order valence-corrected chi connectivity index (χ2v) is 8.15. The third-order valence-corrected chi connectivity index (χ3v) is 5.95. The molecule has 0 bridgehead atoms. The minimum Gasteiger partial charge on any atom is -0.508 e. The molecule has 1 N–H and O–H groups in total. The molecule has 6 nitrogen and oxygen atoms in total. The Morgan fingerprint density at radius 3 is 2.52 bits per heavy atom. The van der Waals surface area contributed by atoms with Crippen molar-refractivity contribution in [2.24, 2.45) is 5.92 Å². The molecule has 162 valence electrons. The number of halogens is 2. The molecule has 0 amide bonds. The fraction of sp³-hybridized carbons (Fsp3) is 0.304. The maximum Gasteiger partial charge on any atom is 0.308 e. The number of hydrogen-bond donors (Lipinski definition) is 1. The lowest BCUT2D eigenvalue weighted by Gasteiger charge is -2.32. The first kappa shape index (κ1) is 21.7. The number of aromatic hydroxyl groups is 1. The van der Waals surface area contributed by atoms with E-state index < -0.39 is 0 Å². The number of aromatic nitrogens is 1. The van der Waals surface area contributed by atoms with Crippen LogP contribution in [0.1, 0.15) is 12.8 Å². The van der Waals surface area contributed by atoms with Gasteiger partial charge < -0.3 is 19.3 Å². The number of methoxy groups -OCH3 is 1. The molecular formula is C23H21Cl2NO5. The van der Waals surface area contributed by atoms with Gasteiger partial charge in [0.15, 0.2) is 0 Å². The van der Waals surface area contributed by atoms with Crippen LogP contribution in [0, 0.1) is 5.92 Å². The van der Waals surface area contributed by atoms with Crippen molar-refractivity contribution in [2.45, 2.75) is 18.9 Å². The molecule has 0 spiro atoms. The van der Waals surface area contributed by atoms with Gasteiger partial charge in [0, 0.05) is 10.9 Å². The van der Waals surface area contributed by atoms with Gasteiger partial charge in [0.1, 0.15) is 23.8 Å². The highest BCUT2D eigenvalue weighted by Gasteiger charge is 2.35. The number of benzene rings is 2. The number of phenolic OH excluding ortho intramolecular Hbond substituents is 1. The van der Waals surface area contributed by atoms with Crippen LogP contribution in [0.5, 0.6) is 11.5 Å². The van der Waals surface area contributed by atoms with E-state index >= 15 is 0 Å². The normalized spacial score (nSPS) is 17.9. The zero-order chi connectivity index (χ0) is 22.0. The van der Waals surface area contributed by atoms with Gasteiger partial charge in [-0.15, -0.1) is 0 Å². The van der Waals surface area contributed by atoms with Crippen molar-refractivity contribution in [3.05, 3.63) is 52.5 Å². The third-order valence-electron chi connectivity index (χ3n) is 5.31. The van der Waals surface area contributed by atoms with Crippen LogP contribution in [0.25, 0.3) is 22.2 Å². The van der Waals surface area contributed by atoms with Gasteiger partial charge in [-0.2, -0.15) is 0 Å². The number of hydrogen-bond acceptors (Lipinski definition) is 6. The Morgan fingerprint density at radius 1 is 1.10 bits per heavy atom. The number of fused-ring (bicyclic) bond motifs is 1. The number of nitrogens with zero attached hydrogens (tertiary/aromatic N) is 1. The quantitative estimate of drug-likeness (QED) is 0.381. The largest absolute Gasteiger partial charge is 0.508 e. The Balaban J connectivity index is 1.50. The lowest BCUT2D eigenvalue weighted by molar-refractivity contribution is -0.155. The summed E-state index contributed by atoms with van der Waals surface area (Å²) < 4.78 is 16.5. The van der Waals surface area contributed by atoms with Crippen molar-refractivity contribution in [1.29, 1.82) is 0 Å². The topological polar surface area (TPSA) is 77.9 Å². The number of phenols is 1. The molecule has 2 aromatic carbocycles. The Morgan fingerprint density at radius 2 is 1.81 bits per heavy atom. The Bertz CT molecular complexity index is 1100. The number of ether oxygens (including phenoxy) is 3. The smallest absolute Gasteiger partial charge is 0.308 e. The summed E-state index contributed by atoms with van der Waals surface area (Å²) in [5, 5.41) is 11.3. The predicted molar refractivity (Wildman–Crippen MR) is 119 cm³/mol. The SMILES string of the molecule is COC(=O)C1CC(OCCOc2cc3c(Cl)ccc(Cl)c3nc2-c2ccc(O)cc2)C1. The van der Waals surface area contributed by atoms with E-state index in [4.69, 9.17) is 42.4 Å². The molecule has 0 unspecified atom stereocenters. The number of rotatable bonds is 7. The average Bonchev–Trinajstić information content (AvgIpc) is 2.74. The average molecular weight is 462 g/mol. The molecule has 0 radical (unpaired) electrons. The Labute approximate surface area is 189 Å². The molecule has 1 fully saturated rings. The van der Waals surface area contributed by atoms with Crippen molar-refractivity contribution in [3.63, 3.8) is 0 Å². The van der Waals surface area contributed by atoms with Crippen LogP contribution >= 0.6 is 23.2 Å². The number of carbonyl (C=O) groups is 1. The molecule has 0 atom stereocenters. The fourth-order valence-corrected chi connectivity index (χ4v) is 3.95. The van der Waals surface area contributed by atoms with Crippen molar-refractivity contribution < 1.29 is 24.1 Å². The number of esters is 1. The van der Waals surface area contributed by atoms with Crippen LogP contribution in [0.3, 0.4) is 0 Å². The molecule has 3 aromatic rings. The van der Waals surface area contributed by atoms with Gasteiger partial charge in [-0.25, -0.2) is 4.98 Å². The predicted octanol–water partition coefficient (Wildman–Crippen LogP) is 5.26. The highest BCUT2D eigenvalue weighted by Crippen LogP contribution is 2.37. The van der Waals surface area contributed by atoms with Crippen molar-refractivity contribution in [2.75, 3.05) is 20.3 Å². The standard InChI is InChI=1S/C23H21Cl2NO5/c1-29-23(28)14-10-16(11-14)30-8-9-31-20-12-17-18(24)6-7-19(25)22(17)26-21(20)13-2-4-15(27)5-3-13/h2-7,12,14,16,27H,8-11H2,1H3. The lowest BCUT2D eigenvalue weighted by atomic mass is 9.82. The van der Waals surface area contributed by atoms with Gasteiger partial charge in [0.05, 0.1) is 41.3 Å². The van der Waals surface area contributed by atoms with Crippen LogP contribution in [-0.2, 0) is 14.3 Å². The third kappa shape index (κ3) is 4.71.